The Labute approximate surface area is 223 Å². The van der Waals surface area contributed by atoms with E-state index in [4.69, 9.17) is 23.2 Å². The molecule has 6 aromatic rings. The molecule has 0 saturated heterocycles. The summed E-state index contributed by atoms with van der Waals surface area (Å²) in [7, 11) is -4.48. The molecule has 0 spiro atoms. The minimum Gasteiger partial charge on any atom is -0.744 e. The molecule has 0 heterocycles. The van der Waals surface area contributed by atoms with E-state index in [2.05, 4.69) is 24.3 Å². The van der Waals surface area contributed by atoms with Crippen molar-refractivity contribution in [3.8, 4) is 0 Å². The molecule has 0 aromatic heterocycles. The normalized spacial score (nSPS) is 11.6. The topological polar surface area (TPSA) is 57.2 Å². The van der Waals surface area contributed by atoms with E-state index in [1.54, 1.807) is 12.1 Å². The highest BCUT2D eigenvalue weighted by molar-refractivity contribution is 7.86. The van der Waals surface area contributed by atoms with Crippen LogP contribution in [0, 0.1) is 7.14 Å². The molecule has 6 rings (SSSR count). The summed E-state index contributed by atoms with van der Waals surface area (Å²) in [5.74, 6) is 0. The average molecular weight is 631 g/mol. The van der Waals surface area contributed by atoms with Gasteiger partial charge in [0.15, 0.2) is 7.14 Å². The standard InChI is InChI=1S/C16H10O3S.C12H8Cl2I/c17-20(18,19)14-9-7-12-5-4-10-2-1-3-11-6-8-13(14)16(12)15(10)11;13-9-1-5-11(6-2-9)15-12-7-3-10(14)4-8-12/h1-9H,(H,17,18,19);1-8H/q;+1/p-1. The Balaban J connectivity index is 0.000000152. The molecule has 174 valence electrons. The largest absolute Gasteiger partial charge is 0.744 e. The number of rotatable bonds is 3. The first kappa shape index (κ1) is 24.3. The van der Waals surface area contributed by atoms with Crippen LogP contribution in [0.4, 0.5) is 0 Å². The van der Waals surface area contributed by atoms with Crippen LogP contribution in [-0.2, 0) is 10.1 Å². The third kappa shape index (κ3) is 5.25. The van der Waals surface area contributed by atoms with Crippen molar-refractivity contribution in [1.29, 1.82) is 0 Å². The highest BCUT2D eigenvalue weighted by atomic mass is 127. The van der Waals surface area contributed by atoms with Gasteiger partial charge < -0.3 is 4.55 Å². The molecule has 0 amide bonds. The van der Waals surface area contributed by atoms with Gasteiger partial charge in [-0.25, -0.2) is 8.42 Å². The highest BCUT2D eigenvalue weighted by Gasteiger charge is 2.15. The van der Waals surface area contributed by atoms with Gasteiger partial charge in [0.2, 0.25) is 0 Å². The Morgan fingerprint density at radius 2 is 1.03 bits per heavy atom. The lowest BCUT2D eigenvalue weighted by Gasteiger charge is -2.15. The SMILES string of the molecule is Clc1ccc([I+]c2ccc(Cl)cc2)cc1.O=S(=O)([O-])c1ccc2ccc3cccc4ccc1c2c34. The fourth-order valence-corrected chi connectivity index (χ4v) is 7.12. The fraction of sp³-hybridized carbons (Fsp3) is 0. The smallest absolute Gasteiger partial charge is 0.357 e. The molecule has 0 saturated carbocycles. The number of hydrogen-bond acceptors (Lipinski definition) is 3. The van der Waals surface area contributed by atoms with E-state index >= 15 is 0 Å². The second-order valence-corrected chi connectivity index (χ2v) is 13.1. The minimum absolute atomic E-state index is 0.114. The summed E-state index contributed by atoms with van der Waals surface area (Å²) < 4.78 is 37.0. The zero-order chi connectivity index (χ0) is 24.6. The van der Waals surface area contributed by atoms with Crippen LogP contribution < -0.4 is 21.2 Å². The summed E-state index contributed by atoms with van der Waals surface area (Å²) >= 11 is 11.5. The highest BCUT2D eigenvalue weighted by Crippen LogP contribution is 2.36. The lowest BCUT2D eigenvalue weighted by atomic mass is 9.94. The van der Waals surface area contributed by atoms with Crippen molar-refractivity contribution >= 4 is 65.6 Å². The third-order valence-corrected chi connectivity index (χ3v) is 9.67. The van der Waals surface area contributed by atoms with Crippen molar-refractivity contribution in [1.82, 2.24) is 0 Å². The van der Waals surface area contributed by atoms with Gasteiger partial charge in [-0.2, -0.15) is 0 Å². The van der Waals surface area contributed by atoms with Crippen molar-refractivity contribution in [2.75, 3.05) is 0 Å². The molecule has 0 aliphatic carbocycles. The maximum Gasteiger partial charge on any atom is 0.357 e. The van der Waals surface area contributed by atoms with Crippen LogP contribution in [0.1, 0.15) is 0 Å². The first-order valence-corrected chi connectivity index (χ1v) is 14.9. The summed E-state index contributed by atoms with van der Waals surface area (Å²) in [6.07, 6.45) is 0. The van der Waals surface area contributed by atoms with Gasteiger partial charge in [0.05, 0.1) is 4.90 Å². The molecule has 0 unspecified atom stereocenters. The maximum absolute atomic E-state index is 11.4. The number of halogens is 3. The summed E-state index contributed by atoms with van der Waals surface area (Å²) in [6, 6.07) is 32.7. The monoisotopic (exact) mass is 630 g/mol. The molecule has 6 aromatic carbocycles. The second kappa shape index (κ2) is 9.91. The Morgan fingerprint density at radius 1 is 0.571 bits per heavy atom. The molecule has 0 aliphatic heterocycles. The molecule has 0 atom stereocenters. The second-order valence-electron chi connectivity index (χ2n) is 7.84. The van der Waals surface area contributed by atoms with Crippen molar-refractivity contribution in [3.05, 3.63) is 120 Å². The molecule has 3 nitrogen and oxygen atoms in total. The lowest BCUT2D eigenvalue weighted by Crippen LogP contribution is -3.61. The minimum atomic E-state index is -4.48. The molecule has 0 radical (unpaired) electrons. The van der Waals surface area contributed by atoms with Gasteiger partial charge in [0.25, 0.3) is 0 Å². The maximum atomic E-state index is 11.4. The first-order chi connectivity index (χ1) is 16.8. The van der Waals surface area contributed by atoms with E-state index in [1.807, 2.05) is 60.7 Å². The zero-order valence-electron chi connectivity index (χ0n) is 18.1. The van der Waals surface area contributed by atoms with Gasteiger partial charge >= 0.3 is 21.2 Å². The molecular weight excluding hydrogens is 614 g/mol. The molecule has 0 bridgehead atoms. The summed E-state index contributed by atoms with van der Waals surface area (Å²) in [5, 5.41) is 6.96. The van der Waals surface area contributed by atoms with Crippen LogP contribution in [0.5, 0.6) is 0 Å². The molecule has 35 heavy (non-hydrogen) atoms. The summed E-state index contributed by atoms with van der Waals surface area (Å²) in [6.45, 7) is 0. The van der Waals surface area contributed by atoms with E-state index in [0.29, 0.717) is 5.39 Å². The third-order valence-electron chi connectivity index (χ3n) is 5.58. The zero-order valence-corrected chi connectivity index (χ0v) is 22.6. The predicted molar refractivity (Wildman–Crippen MR) is 138 cm³/mol. The Kier molecular flexibility index (Phi) is 6.88. The lowest BCUT2D eigenvalue weighted by molar-refractivity contribution is -0.597. The van der Waals surface area contributed by atoms with E-state index in [-0.39, 0.29) is 26.1 Å². The quantitative estimate of drug-likeness (QED) is 0.163. The summed E-state index contributed by atoms with van der Waals surface area (Å²) in [4.78, 5) is -0.150. The van der Waals surface area contributed by atoms with Crippen molar-refractivity contribution in [2.24, 2.45) is 0 Å². The molecule has 0 aliphatic rings. The molecular formula is C28H17Cl2IO3S. The fourth-order valence-electron chi connectivity index (χ4n) is 4.04. The van der Waals surface area contributed by atoms with E-state index in [1.165, 1.54) is 13.2 Å². The van der Waals surface area contributed by atoms with E-state index in [9.17, 15) is 13.0 Å². The van der Waals surface area contributed by atoms with Gasteiger partial charge in [-0.05, 0) is 81.5 Å². The van der Waals surface area contributed by atoms with Crippen LogP contribution in [0.25, 0.3) is 32.3 Å². The molecule has 7 heteroatoms. The van der Waals surface area contributed by atoms with Crippen LogP contribution in [-0.4, -0.2) is 13.0 Å². The van der Waals surface area contributed by atoms with Crippen LogP contribution in [0.2, 0.25) is 10.0 Å². The Hall–Kier alpha value is -2.42. The van der Waals surface area contributed by atoms with Gasteiger partial charge in [0, 0.05) is 15.4 Å². The van der Waals surface area contributed by atoms with E-state index in [0.717, 1.165) is 37.0 Å². The van der Waals surface area contributed by atoms with Crippen LogP contribution in [0.3, 0.4) is 0 Å². The number of benzene rings is 6. The van der Waals surface area contributed by atoms with E-state index < -0.39 is 10.1 Å². The van der Waals surface area contributed by atoms with Gasteiger partial charge in [-0.3, -0.25) is 0 Å². The molecule has 0 fully saturated rings. The Bertz CT molecular complexity index is 1690. The van der Waals surface area contributed by atoms with Crippen molar-refractivity contribution in [2.45, 2.75) is 4.90 Å². The average Bonchev–Trinajstić information content (AvgIpc) is 2.85. The van der Waals surface area contributed by atoms with Crippen molar-refractivity contribution < 1.29 is 34.2 Å². The summed E-state index contributed by atoms with van der Waals surface area (Å²) in [5.41, 5.74) is 0. The molecule has 0 N–H and O–H groups in total. The van der Waals surface area contributed by atoms with Gasteiger partial charge in [-0.15, -0.1) is 0 Å². The Morgan fingerprint density at radius 3 is 1.54 bits per heavy atom. The first-order valence-electron chi connectivity index (χ1n) is 10.6. The van der Waals surface area contributed by atoms with Gasteiger partial charge in [-0.1, -0.05) is 71.7 Å². The number of hydrogen-bond donors (Lipinski definition) is 0. The predicted octanol–water partition coefficient (Wildman–Crippen LogP) is 4.61. The van der Waals surface area contributed by atoms with Crippen molar-refractivity contribution in [3.63, 3.8) is 0 Å². The van der Waals surface area contributed by atoms with Crippen LogP contribution in [0.15, 0.2) is 108 Å². The van der Waals surface area contributed by atoms with Gasteiger partial charge in [0.1, 0.15) is 10.1 Å². The van der Waals surface area contributed by atoms with Crippen LogP contribution >= 0.6 is 23.2 Å².